The molecule has 0 aliphatic carbocycles. The Morgan fingerprint density at radius 2 is 1.77 bits per heavy atom. The van der Waals surface area contributed by atoms with Gasteiger partial charge in [-0.1, -0.05) is 24.3 Å². The molecule has 0 aromatic heterocycles. The van der Waals surface area contributed by atoms with Gasteiger partial charge in [0, 0.05) is 19.5 Å². The van der Waals surface area contributed by atoms with E-state index < -0.39 is 12.0 Å². The van der Waals surface area contributed by atoms with Gasteiger partial charge in [-0.25, -0.2) is 0 Å². The Morgan fingerprint density at radius 1 is 1.19 bits per heavy atom. The number of nitriles is 1. The monoisotopic (exact) mass is 352 g/mol. The molecule has 0 spiro atoms. The van der Waals surface area contributed by atoms with E-state index in [1.165, 1.54) is 4.90 Å². The van der Waals surface area contributed by atoms with Crippen molar-refractivity contribution in [2.45, 2.75) is 18.9 Å². The van der Waals surface area contributed by atoms with Crippen LogP contribution in [0.3, 0.4) is 0 Å². The molecule has 1 unspecified atom stereocenters. The number of amides is 1. The molecule has 0 aliphatic rings. The molecule has 2 aromatic carbocycles. The second-order valence-corrected chi connectivity index (χ2v) is 5.87. The number of hydrogen-bond donors (Lipinski definition) is 1. The average molecular weight is 352 g/mol. The Balaban J connectivity index is 1.93. The summed E-state index contributed by atoms with van der Waals surface area (Å²) in [6.07, 6.45) is 0.940. The minimum Gasteiger partial charge on any atom is -0.494 e. The molecule has 0 radical (unpaired) electrons. The molecule has 6 heteroatoms. The van der Waals surface area contributed by atoms with Crippen LogP contribution in [0.25, 0.3) is 11.1 Å². The quantitative estimate of drug-likeness (QED) is 0.701. The molecule has 0 fully saturated rings. The van der Waals surface area contributed by atoms with Gasteiger partial charge in [0.15, 0.2) is 0 Å². The molecule has 26 heavy (non-hydrogen) atoms. The van der Waals surface area contributed by atoms with E-state index in [0.29, 0.717) is 30.8 Å². The maximum Gasteiger partial charge on any atom is 0.305 e. The van der Waals surface area contributed by atoms with Crippen LogP contribution in [0.1, 0.15) is 18.4 Å². The van der Waals surface area contributed by atoms with Crippen molar-refractivity contribution in [3.05, 3.63) is 54.1 Å². The number of carboxylic acids is 1. The first-order valence-electron chi connectivity index (χ1n) is 8.16. The number of carboxylic acid groups (broad SMARTS) is 1. The third-order valence-corrected chi connectivity index (χ3v) is 4.07. The van der Waals surface area contributed by atoms with Gasteiger partial charge in [0.2, 0.25) is 6.41 Å². The number of hydrogen-bond acceptors (Lipinski definition) is 4. The van der Waals surface area contributed by atoms with Gasteiger partial charge in [-0.05, 0) is 35.4 Å². The van der Waals surface area contributed by atoms with Crippen molar-refractivity contribution in [2.75, 3.05) is 13.7 Å². The van der Waals surface area contributed by atoms with Gasteiger partial charge in [0.25, 0.3) is 0 Å². The van der Waals surface area contributed by atoms with E-state index in [9.17, 15) is 9.59 Å². The van der Waals surface area contributed by atoms with Crippen molar-refractivity contribution in [1.82, 2.24) is 4.90 Å². The van der Waals surface area contributed by atoms with Crippen molar-refractivity contribution in [1.29, 1.82) is 5.26 Å². The zero-order valence-electron chi connectivity index (χ0n) is 14.5. The molecule has 1 N–H and O–H groups in total. The zero-order valence-corrected chi connectivity index (χ0v) is 14.5. The lowest BCUT2D eigenvalue weighted by Crippen LogP contribution is -2.34. The molecule has 0 saturated carbocycles. The van der Waals surface area contributed by atoms with E-state index >= 15 is 0 Å². The minimum absolute atomic E-state index is 0.115. The summed E-state index contributed by atoms with van der Waals surface area (Å²) in [6, 6.07) is 16.5. The Kier molecular flexibility index (Phi) is 6.75. The highest BCUT2D eigenvalue weighted by molar-refractivity contribution is 5.68. The molecular formula is C20H20N2O4. The topological polar surface area (TPSA) is 90.6 Å². The SMILES string of the molecule is CN(C=O)C(CCOc1ccc(-c2ccc(C#N)cc2)cc1)CC(=O)O. The number of ether oxygens (including phenoxy) is 1. The van der Waals surface area contributed by atoms with Crippen LogP contribution in [0.4, 0.5) is 0 Å². The summed E-state index contributed by atoms with van der Waals surface area (Å²) in [4.78, 5) is 23.1. The molecule has 0 bridgehead atoms. The fraction of sp³-hybridized carbons (Fsp3) is 0.250. The van der Waals surface area contributed by atoms with Crippen molar-refractivity contribution in [2.24, 2.45) is 0 Å². The highest BCUT2D eigenvalue weighted by Gasteiger charge is 2.17. The maximum atomic E-state index is 10.9. The average Bonchev–Trinajstić information content (AvgIpc) is 2.67. The number of carbonyl (C=O) groups is 2. The highest BCUT2D eigenvalue weighted by Crippen LogP contribution is 2.23. The largest absolute Gasteiger partial charge is 0.494 e. The smallest absolute Gasteiger partial charge is 0.305 e. The van der Waals surface area contributed by atoms with Gasteiger partial charge in [-0.3, -0.25) is 9.59 Å². The fourth-order valence-corrected chi connectivity index (χ4v) is 2.53. The van der Waals surface area contributed by atoms with Crippen LogP contribution in [0.5, 0.6) is 5.75 Å². The predicted molar refractivity (Wildman–Crippen MR) is 96.6 cm³/mol. The van der Waals surface area contributed by atoms with E-state index in [-0.39, 0.29) is 6.42 Å². The Bertz CT molecular complexity index is 779. The van der Waals surface area contributed by atoms with E-state index in [4.69, 9.17) is 15.1 Å². The second-order valence-electron chi connectivity index (χ2n) is 5.87. The van der Waals surface area contributed by atoms with Crippen LogP contribution in [0.2, 0.25) is 0 Å². The van der Waals surface area contributed by atoms with E-state index in [1.54, 1.807) is 19.2 Å². The molecule has 134 valence electrons. The maximum absolute atomic E-state index is 10.9. The highest BCUT2D eigenvalue weighted by atomic mass is 16.5. The van der Waals surface area contributed by atoms with Crippen LogP contribution in [0, 0.1) is 11.3 Å². The third kappa shape index (κ3) is 5.35. The van der Waals surface area contributed by atoms with Crippen molar-refractivity contribution in [3.63, 3.8) is 0 Å². The van der Waals surface area contributed by atoms with Crippen molar-refractivity contribution < 1.29 is 19.4 Å². The van der Waals surface area contributed by atoms with Crippen LogP contribution < -0.4 is 4.74 Å². The summed E-state index contributed by atoms with van der Waals surface area (Å²) >= 11 is 0. The van der Waals surface area contributed by atoms with Crippen molar-refractivity contribution >= 4 is 12.4 Å². The van der Waals surface area contributed by atoms with Crippen LogP contribution in [0.15, 0.2) is 48.5 Å². The first-order valence-corrected chi connectivity index (χ1v) is 8.16. The van der Waals surface area contributed by atoms with Gasteiger partial charge in [-0.2, -0.15) is 5.26 Å². The van der Waals surface area contributed by atoms with Gasteiger partial charge in [0.1, 0.15) is 5.75 Å². The molecule has 1 amide bonds. The Labute approximate surface area is 152 Å². The summed E-state index contributed by atoms with van der Waals surface area (Å²) in [7, 11) is 1.56. The third-order valence-electron chi connectivity index (χ3n) is 4.07. The zero-order chi connectivity index (χ0) is 18.9. The van der Waals surface area contributed by atoms with Crippen molar-refractivity contribution in [3.8, 4) is 22.9 Å². The molecular weight excluding hydrogens is 332 g/mol. The minimum atomic E-state index is -0.949. The molecule has 0 aliphatic heterocycles. The summed E-state index contributed by atoms with van der Waals surface area (Å²) in [5.74, 6) is -0.277. The Morgan fingerprint density at radius 3 is 2.27 bits per heavy atom. The van der Waals surface area contributed by atoms with E-state index in [2.05, 4.69) is 6.07 Å². The van der Waals surface area contributed by atoms with Crippen LogP contribution in [-0.4, -0.2) is 42.1 Å². The van der Waals surface area contributed by atoms with E-state index in [0.717, 1.165) is 11.1 Å². The molecule has 2 rings (SSSR count). The second kappa shape index (κ2) is 9.23. The molecule has 2 aromatic rings. The van der Waals surface area contributed by atoms with Gasteiger partial charge < -0.3 is 14.7 Å². The summed E-state index contributed by atoms with van der Waals surface area (Å²) in [5, 5.41) is 17.7. The molecule has 0 heterocycles. The predicted octanol–water partition coefficient (Wildman–Crippen LogP) is 2.93. The van der Waals surface area contributed by atoms with Gasteiger partial charge in [-0.15, -0.1) is 0 Å². The summed E-state index contributed by atoms with van der Waals surface area (Å²) < 4.78 is 5.66. The summed E-state index contributed by atoms with van der Waals surface area (Å²) in [6.45, 7) is 0.312. The van der Waals surface area contributed by atoms with Crippen LogP contribution >= 0.6 is 0 Å². The lowest BCUT2D eigenvalue weighted by Gasteiger charge is -2.23. The van der Waals surface area contributed by atoms with E-state index in [1.807, 2.05) is 36.4 Å². The Hall–Kier alpha value is -3.33. The number of rotatable bonds is 9. The van der Waals surface area contributed by atoms with Gasteiger partial charge >= 0.3 is 5.97 Å². The number of nitrogens with zero attached hydrogens (tertiary/aromatic N) is 2. The fourth-order valence-electron chi connectivity index (χ4n) is 2.53. The molecule has 6 nitrogen and oxygen atoms in total. The summed E-state index contributed by atoms with van der Waals surface area (Å²) in [5.41, 5.74) is 2.63. The van der Waals surface area contributed by atoms with Crippen LogP contribution in [-0.2, 0) is 9.59 Å². The number of benzene rings is 2. The first kappa shape index (κ1) is 19.0. The normalized spacial score (nSPS) is 11.2. The lowest BCUT2D eigenvalue weighted by molar-refractivity contribution is -0.138. The molecule has 1 atom stereocenters. The number of aliphatic carboxylic acids is 1. The number of carbonyl (C=O) groups excluding carboxylic acids is 1. The van der Waals surface area contributed by atoms with Gasteiger partial charge in [0.05, 0.1) is 24.7 Å². The first-order chi connectivity index (χ1) is 12.5. The lowest BCUT2D eigenvalue weighted by atomic mass is 10.0. The molecule has 0 saturated heterocycles. The standard InChI is InChI=1S/C20H20N2O4/c1-22(14-23)18(12-20(24)25)10-11-26-19-8-6-17(7-9-19)16-4-2-15(13-21)3-5-16/h2-9,14,18H,10-12H2,1H3,(H,24,25).